The van der Waals surface area contributed by atoms with Gasteiger partial charge >= 0.3 is 5.97 Å². The molecule has 1 aliphatic rings. The number of benzene rings is 1. The molecule has 1 aromatic rings. The Balaban J connectivity index is 2.02. The highest BCUT2D eigenvalue weighted by Gasteiger charge is 2.36. The first kappa shape index (κ1) is 17.9. The van der Waals surface area contributed by atoms with Crippen molar-refractivity contribution in [1.82, 2.24) is 5.32 Å². The van der Waals surface area contributed by atoms with Crippen molar-refractivity contribution in [2.24, 2.45) is 11.8 Å². The summed E-state index contributed by atoms with van der Waals surface area (Å²) in [6.07, 6.45) is 0.334. The fraction of sp³-hybridized carbons (Fsp3) is 0.471. The predicted molar refractivity (Wildman–Crippen MR) is 85.9 cm³/mol. The van der Waals surface area contributed by atoms with Crippen LogP contribution in [0.4, 0.5) is 10.1 Å². The van der Waals surface area contributed by atoms with Crippen molar-refractivity contribution in [2.75, 3.05) is 11.4 Å². The highest BCUT2D eigenvalue weighted by atomic mass is 19.1. The van der Waals surface area contributed by atoms with Crippen LogP contribution in [0, 0.1) is 17.7 Å². The Labute approximate surface area is 139 Å². The zero-order chi connectivity index (χ0) is 17.9. The molecule has 1 saturated heterocycles. The van der Waals surface area contributed by atoms with Gasteiger partial charge < -0.3 is 15.3 Å². The van der Waals surface area contributed by atoms with Gasteiger partial charge in [0.15, 0.2) is 0 Å². The molecule has 6 nitrogen and oxygen atoms in total. The first-order valence-electron chi connectivity index (χ1n) is 7.87. The normalized spacial score (nSPS) is 18.8. The lowest BCUT2D eigenvalue weighted by atomic mass is 10.0. The van der Waals surface area contributed by atoms with Crippen LogP contribution in [-0.4, -0.2) is 35.5 Å². The van der Waals surface area contributed by atoms with Gasteiger partial charge in [-0.2, -0.15) is 0 Å². The fourth-order valence-electron chi connectivity index (χ4n) is 2.74. The van der Waals surface area contributed by atoms with E-state index in [1.807, 2.05) is 13.8 Å². The van der Waals surface area contributed by atoms with E-state index in [4.69, 9.17) is 0 Å². The van der Waals surface area contributed by atoms with E-state index in [1.165, 1.54) is 29.2 Å². The molecule has 1 heterocycles. The molecule has 0 saturated carbocycles. The van der Waals surface area contributed by atoms with Crippen molar-refractivity contribution in [2.45, 2.75) is 32.7 Å². The van der Waals surface area contributed by atoms with Gasteiger partial charge in [-0.25, -0.2) is 9.18 Å². The number of carbonyl (C=O) groups excluding carboxylic acids is 2. The number of hydrogen-bond acceptors (Lipinski definition) is 3. The number of aliphatic carboxylic acids is 1. The molecule has 2 unspecified atom stereocenters. The van der Waals surface area contributed by atoms with Gasteiger partial charge in [-0.3, -0.25) is 9.59 Å². The van der Waals surface area contributed by atoms with Crippen LogP contribution >= 0.6 is 0 Å². The Kier molecular flexibility index (Phi) is 5.54. The summed E-state index contributed by atoms with van der Waals surface area (Å²) in [5.41, 5.74) is 0.522. The number of nitrogens with zero attached hydrogens (tertiary/aromatic N) is 1. The number of nitrogens with one attached hydrogen (secondary N) is 1. The Morgan fingerprint density at radius 1 is 1.33 bits per heavy atom. The van der Waals surface area contributed by atoms with E-state index in [2.05, 4.69) is 5.32 Å². The number of hydrogen-bond donors (Lipinski definition) is 2. The van der Waals surface area contributed by atoms with Crippen LogP contribution in [0.15, 0.2) is 24.3 Å². The average molecular weight is 336 g/mol. The maximum absolute atomic E-state index is 13.0. The van der Waals surface area contributed by atoms with Crippen LogP contribution in [0.1, 0.15) is 26.7 Å². The van der Waals surface area contributed by atoms with Crippen LogP contribution in [-0.2, 0) is 14.4 Å². The second kappa shape index (κ2) is 7.42. The highest BCUT2D eigenvalue weighted by molar-refractivity contribution is 6.00. The molecule has 2 atom stereocenters. The van der Waals surface area contributed by atoms with Crippen LogP contribution < -0.4 is 10.2 Å². The third-order valence-corrected chi connectivity index (χ3v) is 3.96. The Morgan fingerprint density at radius 2 is 1.96 bits per heavy atom. The number of carbonyl (C=O) groups is 3. The van der Waals surface area contributed by atoms with Gasteiger partial charge in [0.25, 0.3) is 0 Å². The van der Waals surface area contributed by atoms with Gasteiger partial charge in [-0.05, 0) is 36.6 Å². The molecule has 130 valence electrons. The minimum Gasteiger partial charge on any atom is -0.480 e. The molecule has 2 rings (SSSR count). The van der Waals surface area contributed by atoms with E-state index >= 15 is 0 Å². The molecule has 1 aromatic carbocycles. The molecule has 1 fully saturated rings. The number of halogens is 1. The molecule has 7 heteroatoms. The third-order valence-electron chi connectivity index (χ3n) is 3.96. The zero-order valence-corrected chi connectivity index (χ0v) is 13.7. The number of rotatable bonds is 6. The lowest BCUT2D eigenvalue weighted by Crippen LogP contribution is -2.44. The summed E-state index contributed by atoms with van der Waals surface area (Å²) in [7, 11) is 0. The summed E-state index contributed by atoms with van der Waals surface area (Å²) in [6, 6.07) is 4.49. The van der Waals surface area contributed by atoms with Crippen molar-refractivity contribution in [3.8, 4) is 0 Å². The summed E-state index contributed by atoms with van der Waals surface area (Å²) < 4.78 is 13.0. The maximum Gasteiger partial charge on any atom is 0.326 e. The van der Waals surface area contributed by atoms with Gasteiger partial charge in [0.2, 0.25) is 11.8 Å². The average Bonchev–Trinajstić information content (AvgIpc) is 2.89. The van der Waals surface area contributed by atoms with E-state index < -0.39 is 29.7 Å². The lowest BCUT2D eigenvalue weighted by Gasteiger charge is -2.19. The van der Waals surface area contributed by atoms with E-state index in [9.17, 15) is 23.9 Å². The number of amides is 2. The number of anilines is 1. The van der Waals surface area contributed by atoms with Crippen LogP contribution in [0.5, 0.6) is 0 Å². The largest absolute Gasteiger partial charge is 0.480 e. The number of carboxylic acids is 1. The molecule has 2 N–H and O–H groups in total. The van der Waals surface area contributed by atoms with Crippen molar-refractivity contribution >= 4 is 23.5 Å². The molecule has 0 bridgehead atoms. The molecule has 0 aliphatic carbocycles. The van der Waals surface area contributed by atoms with Crippen molar-refractivity contribution in [3.63, 3.8) is 0 Å². The second-order valence-electron chi connectivity index (χ2n) is 6.41. The Morgan fingerprint density at radius 3 is 2.50 bits per heavy atom. The molecule has 0 aromatic heterocycles. The first-order chi connectivity index (χ1) is 11.3. The van der Waals surface area contributed by atoms with Gasteiger partial charge in [-0.15, -0.1) is 0 Å². The fourth-order valence-corrected chi connectivity index (χ4v) is 2.74. The molecule has 2 amide bonds. The molecular formula is C17H21FN2O4. The molecule has 1 aliphatic heterocycles. The van der Waals surface area contributed by atoms with E-state index in [1.54, 1.807) is 0 Å². The van der Waals surface area contributed by atoms with Crippen molar-refractivity contribution < 1.29 is 23.9 Å². The van der Waals surface area contributed by atoms with E-state index in [0.29, 0.717) is 12.1 Å². The highest BCUT2D eigenvalue weighted by Crippen LogP contribution is 2.25. The summed E-state index contributed by atoms with van der Waals surface area (Å²) in [5, 5.41) is 11.7. The maximum atomic E-state index is 13.0. The summed E-state index contributed by atoms with van der Waals surface area (Å²) in [4.78, 5) is 37.1. The Hall–Kier alpha value is -2.44. The molecule has 0 spiro atoms. The van der Waals surface area contributed by atoms with Crippen molar-refractivity contribution in [1.29, 1.82) is 0 Å². The topological polar surface area (TPSA) is 86.7 Å². The molecular weight excluding hydrogens is 315 g/mol. The molecule has 0 radical (unpaired) electrons. The standard InChI is InChI=1S/C17H21FN2O4/c1-10(2)7-14(17(23)24)19-16(22)11-8-15(21)20(9-11)13-5-3-12(18)4-6-13/h3-6,10-11,14H,7-9H2,1-2H3,(H,19,22)(H,23,24). The minimum atomic E-state index is -1.09. The van der Waals surface area contributed by atoms with Gasteiger partial charge in [-0.1, -0.05) is 13.8 Å². The van der Waals surface area contributed by atoms with Crippen molar-refractivity contribution in [3.05, 3.63) is 30.1 Å². The molecule has 24 heavy (non-hydrogen) atoms. The summed E-state index contributed by atoms with van der Waals surface area (Å²) in [6.45, 7) is 3.90. The van der Waals surface area contributed by atoms with Crippen LogP contribution in [0.2, 0.25) is 0 Å². The Bertz CT molecular complexity index is 630. The summed E-state index contributed by atoms with van der Waals surface area (Å²) in [5.74, 6) is -2.67. The van der Waals surface area contributed by atoms with Crippen LogP contribution in [0.25, 0.3) is 0 Å². The van der Waals surface area contributed by atoms with Crippen LogP contribution in [0.3, 0.4) is 0 Å². The SMILES string of the molecule is CC(C)CC(NC(=O)C1CC(=O)N(c2ccc(F)cc2)C1)C(=O)O. The predicted octanol–water partition coefficient (Wildman–Crippen LogP) is 1.79. The number of carboxylic acid groups (broad SMARTS) is 1. The monoisotopic (exact) mass is 336 g/mol. The summed E-state index contributed by atoms with van der Waals surface area (Å²) >= 11 is 0. The zero-order valence-electron chi connectivity index (χ0n) is 13.7. The van der Waals surface area contributed by atoms with Gasteiger partial charge in [0, 0.05) is 18.7 Å². The van der Waals surface area contributed by atoms with Gasteiger partial charge in [0.1, 0.15) is 11.9 Å². The third kappa shape index (κ3) is 4.31. The first-order valence-corrected chi connectivity index (χ1v) is 7.87. The van der Waals surface area contributed by atoms with E-state index in [-0.39, 0.29) is 24.8 Å². The smallest absolute Gasteiger partial charge is 0.326 e. The van der Waals surface area contributed by atoms with E-state index in [0.717, 1.165) is 0 Å². The quantitative estimate of drug-likeness (QED) is 0.829. The minimum absolute atomic E-state index is 0.0111. The lowest BCUT2D eigenvalue weighted by molar-refractivity contribution is -0.142. The second-order valence-corrected chi connectivity index (χ2v) is 6.41. The van der Waals surface area contributed by atoms with Gasteiger partial charge in [0.05, 0.1) is 5.92 Å².